The first-order valence-corrected chi connectivity index (χ1v) is 9.86. The molecule has 0 bridgehead atoms. The largest absolute Gasteiger partial charge is 0.480 e. The zero-order valence-corrected chi connectivity index (χ0v) is 15.3. The van der Waals surface area contributed by atoms with E-state index in [2.05, 4.69) is 17.0 Å². The molecular weight excluding hydrogens is 328 g/mol. The van der Waals surface area contributed by atoms with Gasteiger partial charge in [-0.2, -0.15) is 0 Å². The minimum atomic E-state index is -0.702. The SMILES string of the molecule is O=C(O)[C@@H]1CC2(CCN(C(=O)C3CC3)CC2)CN1CCc1ccccc1. The highest BCUT2D eigenvalue weighted by Gasteiger charge is 2.48. The standard InChI is InChI=1S/C21H28N2O3/c24-19(17-6-7-17)22-12-9-21(10-13-22)14-18(20(25)26)23(15-21)11-8-16-4-2-1-3-5-16/h1-5,17-18H,6-15H2,(H,25,26)/t18-/m0/s1. The summed E-state index contributed by atoms with van der Waals surface area (Å²) in [5.74, 6) is -0.0956. The molecule has 140 valence electrons. The summed E-state index contributed by atoms with van der Waals surface area (Å²) in [5, 5.41) is 9.71. The van der Waals surface area contributed by atoms with Crippen LogP contribution in [0.5, 0.6) is 0 Å². The molecule has 1 atom stereocenters. The lowest BCUT2D eigenvalue weighted by Gasteiger charge is -2.39. The second-order valence-electron chi connectivity index (χ2n) is 8.36. The van der Waals surface area contributed by atoms with Gasteiger partial charge < -0.3 is 10.0 Å². The maximum Gasteiger partial charge on any atom is 0.320 e. The van der Waals surface area contributed by atoms with Crippen molar-refractivity contribution >= 4 is 11.9 Å². The summed E-state index contributed by atoms with van der Waals surface area (Å²) in [5.41, 5.74) is 1.32. The van der Waals surface area contributed by atoms with Gasteiger partial charge in [0.2, 0.25) is 5.91 Å². The first-order valence-electron chi connectivity index (χ1n) is 9.86. The molecule has 3 fully saturated rings. The topological polar surface area (TPSA) is 60.9 Å². The average Bonchev–Trinajstić information content (AvgIpc) is 3.44. The highest BCUT2D eigenvalue weighted by atomic mass is 16.4. The normalized spacial score (nSPS) is 25.5. The van der Waals surface area contributed by atoms with E-state index in [9.17, 15) is 14.7 Å². The minimum absolute atomic E-state index is 0.0695. The number of aliphatic carboxylic acids is 1. The molecule has 1 aromatic carbocycles. The van der Waals surface area contributed by atoms with Gasteiger partial charge in [-0.15, -0.1) is 0 Å². The van der Waals surface area contributed by atoms with E-state index in [1.165, 1.54) is 5.56 Å². The number of nitrogens with zero attached hydrogens (tertiary/aromatic N) is 2. The molecule has 3 aliphatic rings. The lowest BCUT2D eigenvalue weighted by Crippen LogP contribution is -2.44. The molecule has 2 heterocycles. The van der Waals surface area contributed by atoms with Crippen LogP contribution in [0.4, 0.5) is 0 Å². The average molecular weight is 356 g/mol. The Hall–Kier alpha value is -1.88. The van der Waals surface area contributed by atoms with E-state index in [1.807, 2.05) is 23.1 Å². The van der Waals surface area contributed by atoms with Crippen molar-refractivity contribution in [2.45, 2.75) is 44.6 Å². The molecular formula is C21H28N2O3. The van der Waals surface area contributed by atoms with E-state index in [-0.39, 0.29) is 17.4 Å². The van der Waals surface area contributed by atoms with Gasteiger partial charge in [-0.25, -0.2) is 0 Å². The van der Waals surface area contributed by atoms with Crippen LogP contribution in [0.2, 0.25) is 0 Å². The van der Waals surface area contributed by atoms with Gasteiger partial charge in [0.1, 0.15) is 6.04 Å². The molecule has 0 unspecified atom stereocenters. The second kappa shape index (κ2) is 7.03. The number of rotatable bonds is 5. The Morgan fingerprint density at radius 1 is 1.12 bits per heavy atom. The van der Waals surface area contributed by atoms with Crippen LogP contribution >= 0.6 is 0 Å². The predicted molar refractivity (Wildman–Crippen MR) is 98.7 cm³/mol. The van der Waals surface area contributed by atoms with Crippen molar-refractivity contribution in [3.05, 3.63) is 35.9 Å². The zero-order valence-electron chi connectivity index (χ0n) is 15.3. The quantitative estimate of drug-likeness (QED) is 0.880. The van der Waals surface area contributed by atoms with Gasteiger partial charge in [0.15, 0.2) is 0 Å². The van der Waals surface area contributed by atoms with Crippen molar-refractivity contribution < 1.29 is 14.7 Å². The first-order chi connectivity index (χ1) is 12.6. The zero-order chi connectivity index (χ0) is 18.1. The van der Waals surface area contributed by atoms with Gasteiger partial charge >= 0.3 is 5.97 Å². The number of carbonyl (C=O) groups excluding carboxylic acids is 1. The summed E-state index contributed by atoms with van der Waals surface area (Å²) in [6, 6.07) is 9.88. The van der Waals surface area contributed by atoms with E-state index in [1.54, 1.807) is 0 Å². The van der Waals surface area contributed by atoms with E-state index in [0.717, 1.165) is 64.7 Å². The summed E-state index contributed by atoms with van der Waals surface area (Å²) >= 11 is 0. The summed E-state index contributed by atoms with van der Waals surface area (Å²) in [6.45, 7) is 3.23. The monoisotopic (exact) mass is 356 g/mol. The number of benzene rings is 1. The van der Waals surface area contributed by atoms with Crippen LogP contribution in [-0.2, 0) is 16.0 Å². The van der Waals surface area contributed by atoms with Crippen LogP contribution in [0, 0.1) is 11.3 Å². The van der Waals surface area contributed by atoms with Gasteiger partial charge in [0.25, 0.3) is 0 Å². The number of hydrogen-bond acceptors (Lipinski definition) is 3. The van der Waals surface area contributed by atoms with Crippen LogP contribution in [0.25, 0.3) is 0 Å². The predicted octanol–water partition coefficient (Wildman–Crippen LogP) is 2.41. The van der Waals surface area contributed by atoms with Crippen LogP contribution in [0.3, 0.4) is 0 Å². The van der Waals surface area contributed by atoms with E-state index in [0.29, 0.717) is 5.91 Å². The lowest BCUT2D eigenvalue weighted by atomic mass is 9.76. The highest BCUT2D eigenvalue weighted by molar-refractivity contribution is 5.81. The smallest absolute Gasteiger partial charge is 0.320 e. The minimum Gasteiger partial charge on any atom is -0.480 e. The van der Waals surface area contributed by atoms with Crippen LogP contribution in [0.1, 0.15) is 37.7 Å². The molecule has 1 amide bonds. The molecule has 5 nitrogen and oxygen atoms in total. The number of carboxylic acids is 1. The van der Waals surface area contributed by atoms with Gasteiger partial charge in [-0.1, -0.05) is 30.3 Å². The maximum absolute atomic E-state index is 12.3. The Labute approximate surface area is 155 Å². The number of hydrogen-bond donors (Lipinski definition) is 1. The first kappa shape index (κ1) is 17.5. The number of carbonyl (C=O) groups is 2. The maximum atomic E-state index is 12.3. The molecule has 1 aliphatic carbocycles. The molecule has 26 heavy (non-hydrogen) atoms. The molecule has 4 rings (SSSR count). The van der Waals surface area contributed by atoms with Crippen molar-refractivity contribution in [1.29, 1.82) is 0 Å². The van der Waals surface area contributed by atoms with Crippen molar-refractivity contribution in [3.63, 3.8) is 0 Å². The number of carboxylic acid groups (broad SMARTS) is 1. The van der Waals surface area contributed by atoms with Crippen molar-refractivity contribution in [3.8, 4) is 0 Å². The fraction of sp³-hybridized carbons (Fsp3) is 0.619. The third-order valence-corrected chi connectivity index (χ3v) is 6.48. The third-order valence-electron chi connectivity index (χ3n) is 6.48. The highest BCUT2D eigenvalue weighted by Crippen LogP contribution is 2.44. The Morgan fingerprint density at radius 2 is 1.81 bits per heavy atom. The Balaban J connectivity index is 1.37. The van der Waals surface area contributed by atoms with Crippen LogP contribution in [0.15, 0.2) is 30.3 Å². The Bertz CT molecular complexity index is 663. The molecule has 1 N–H and O–H groups in total. The number of likely N-dealkylation sites (tertiary alicyclic amines) is 2. The van der Waals surface area contributed by atoms with E-state index in [4.69, 9.17) is 0 Å². The summed E-state index contributed by atoms with van der Waals surface area (Å²) in [4.78, 5) is 28.3. The van der Waals surface area contributed by atoms with Crippen molar-refractivity contribution in [1.82, 2.24) is 9.80 Å². The number of piperidine rings is 1. The van der Waals surface area contributed by atoms with Crippen LogP contribution in [-0.4, -0.2) is 59.0 Å². The lowest BCUT2D eigenvalue weighted by molar-refractivity contribution is -0.142. The molecule has 2 aliphatic heterocycles. The Kier molecular flexibility index (Phi) is 4.74. The third kappa shape index (κ3) is 3.63. The molecule has 1 saturated carbocycles. The molecule has 5 heteroatoms. The molecule has 1 spiro atoms. The van der Waals surface area contributed by atoms with Crippen molar-refractivity contribution in [2.24, 2.45) is 11.3 Å². The second-order valence-corrected chi connectivity index (χ2v) is 8.36. The number of amides is 1. The van der Waals surface area contributed by atoms with Gasteiger partial charge in [-0.05, 0) is 49.5 Å². The van der Waals surface area contributed by atoms with E-state index >= 15 is 0 Å². The Morgan fingerprint density at radius 3 is 2.42 bits per heavy atom. The fourth-order valence-electron chi connectivity index (χ4n) is 4.69. The molecule has 0 radical (unpaired) electrons. The van der Waals surface area contributed by atoms with Crippen LogP contribution < -0.4 is 0 Å². The molecule has 1 aromatic rings. The summed E-state index contributed by atoms with van der Waals surface area (Å²) < 4.78 is 0. The fourth-order valence-corrected chi connectivity index (χ4v) is 4.69. The molecule has 0 aromatic heterocycles. The van der Waals surface area contributed by atoms with Gasteiger partial charge in [0, 0.05) is 32.1 Å². The summed E-state index contributed by atoms with van der Waals surface area (Å²) in [6.07, 6.45) is 5.59. The van der Waals surface area contributed by atoms with Gasteiger partial charge in [0.05, 0.1) is 0 Å². The van der Waals surface area contributed by atoms with E-state index < -0.39 is 5.97 Å². The molecule has 2 saturated heterocycles. The van der Waals surface area contributed by atoms with Gasteiger partial charge in [-0.3, -0.25) is 14.5 Å². The van der Waals surface area contributed by atoms with Crippen molar-refractivity contribution in [2.75, 3.05) is 26.2 Å². The summed E-state index contributed by atoms with van der Waals surface area (Å²) in [7, 11) is 0.